The van der Waals surface area contributed by atoms with Crippen LogP contribution < -0.4 is 21.3 Å². The number of rotatable bonds is 10. The summed E-state index contributed by atoms with van der Waals surface area (Å²) in [6.45, 7) is 3.06. The molecule has 1 unspecified atom stereocenters. The first-order valence-electron chi connectivity index (χ1n) is 10.1. The number of esters is 1. The largest absolute Gasteiger partial charge is 0.466 e. The highest BCUT2D eigenvalue weighted by Crippen LogP contribution is 2.22. The van der Waals surface area contributed by atoms with E-state index in [4.69, 9.17) is 15.7 Å². The maximum absolute atomic E-state index is 12.6. The van der Waals surface area contributed by atoms with E-state index in [9.17, 15) is 14.4 Å². The number of ether oxygens (including phenoxy) is 1. The molecule has 1 aromatic carbocycles. The van der Waals surface area contributed by atoms with Crippen LogP contribution in [0.3, 0.4) is 0 Å². The lowest BCUT2D eigenvalue weighted by atomic mass is 10.2. The van der Waals surface area contributed by atoms with E-state index in [0.29, 0.717) is 30.8 Å². The number of anilines is 1. The average Bonchev–Trinajstić information content (AvgIpc) is 3.10. The summed E-state index contributed by atoms with van der Waals surface area (Å²) in [5.74, 6) is -0.600. The molecule has 3 amide bonds. The minimum Gasteiger partial charge on any atom is -0.466 e. The monoisotopic (exact) mass is 419 g/mol. The van der Waals surface area contributed by atoms with Gasteiger partial charge in [0.2, 0.25) is 5.91 Å². The van der Waals surface area contributed by atoms with E-state index in [2.05, 4.69) is 22.7 Å². The number of oxime groups is 1. The van der Waals surface area contributed by atoms with E-state index in [1.165, 1.54) is 0 Å². The molecule has 0 aliphatic carbocycles. The van der Waals surface area contributed by atoms with Crippen LogP contribution in [0.25, 0.3) is 0 Å². The van der Waals surface area contributed by atoms with Crippen molar-refractivity contribution in [2.45, 2.75) is 45.1 Å². The topological polar surface area (TPSA) is 146 Å². The quantitative estimate of drug-likeness (QED) is 0.112. The molecule has 1 atom stereocenters. The molecule has 0 spiro atoms. The van der Waals surface area contributed by atoms with E-state index >= 15 is 0 Å². The van der Waals surface area contributed by atoms with Crippen LogP contribution in [0.4, 0.5) is 10.5 Å². The Morgan fingerprint density at radius 2 is 2.03 bits per heavy atom. The van der Waals surface area contributed by atoms with Gasteiger partial charge in [0.05, 0.1) is 13.0 Å². The smallest absolute Gasteiger partial charge is 0.315 e. The zero-order valence-electron chi connectivity index (χ0n) is 17.1. The molecule has 1 fully saturated rings. The van der Waals surface area contributed by atoms with Crippen molar-refractivity contribution >= 4 is 29.4 Å². The second-order valence-corrected chi connectivity index (χ2v) is 6.94. The highest BCUT2D eigenvalue weighted by molar-refractivity contribution is 6.02. The fourth-order valence-corrected chi connectivity index (χ4v) is 3.04. The number of amidine groups is 1. The van der Waals surface area contributed by atoms with Crippen LogP contribution in [0.15, 0.2) is 29.4 Å². The Morgan fingerprint density at radius 3 is 2.70 bits per heavy atom. The molecule has 0 aromatic heterocycles. The summed E-state index contributed by atoms with van der Waals surface area (Å²) in [5, 5.41) is 16.8. The number of hydrogen-bond donors (Lipinski definition) is 4. The molecule has 0 radical (unpaired) electrons. The molecule has 1 aromatic rings. The molecule has 5 N–H and O–H groups in total. The summed E-state index contributed by atoms with van der Waals surface area (Å²) >= 11 is 0. The minimum absolute atomic E-state index is 0.0182. The third-order valence-electron chi connectivity index (χ3n) is 4.72. The van der Waals surface area contributed by atoms with Crippen molar-refractivity contribution in [2.24, 2.45) is 10.9 Å². The van der Waals surface area contributed by atoms with E-state index in [1.54, 1.807) is 29.2 Å². The number of amides is 3. The Labute approximate surface area is 175 Å². The van der Waals surface area contributed by atoms with Crippen molar-refractivity contribution in [2.75, 3.05) is 24.6 Å². The first kappa shape index (κ1) is 23.0. The van der Waals surface area contributed by atoms with E-state index < -0.39 is 12.1 Å². The molecule has 2 rings (SSSR count). The van der Waals surface area contributed by atoms with Gasteiger partial charge in [-0.1, -0.05) is 24.9 Å². The maximum atomic E-state index is 12.6. The second-order valence-electron chi connectivity index (χ2n) is 6.94. The van der Waals surface area contributed by atoms with Crippen molar-refractivity contribution in [3.05, 3.63) is 29.8 Å². The molecular formula is C20H29N5O5. The van der Waals surface area contributed by atoms with E-state index in [0.717, 1.165) is 19.3 Å². The molecule has 164 valence electrons. The Morgan fingerprint density at radius 1 is 1.30 bits per heavy atom. The molecule has 1 aliphatic heterocycles. The van der Waals surface area contributed by atoms with Gasteiger partial charge in [-0.2, -0.15) is 0 Å². The number of benzene rings is 1. The number of hydrogen-bond acceptors (Lipinski definition) is 6. The maximum Gasteiger partial charge on any atom is 0.315 e. The average molecular weight is 419 g/mol. The Bertz CT molecular complexity index is 765. The lowest BCUT2D eigenvalue weighted by Crippen LogP contribution is -2.46. The van der Waals surface area contributed by atoms with Gasteiger partial charge in [-0.3, -0.25) is 9.59 Å². The molecule has 10 nitrogen and oxygen atoms in total. The predicted octanol–water partition coefficient (Wildman–Crippen LogP) is 1.31. The molecule has 1 aliphatic rings. The lowest BCUT2D eigenvalue weighted by Gasteiger charge is -2.18. The van der Waals surface area contributed by atoms with Gasteiger partial charge in [0.25, 0.3) is 0 Å². The van der Waals surface area contributed by atoms with Crippen LogP contribution in [0.1, 0.15) is 44.6 Å². The van der Waals surface area contributed by atoms with Crippen LogP contribution in [-0.4, -0.2) is 54.7 Å². The third kappa shape index (κ3) is 6.64. The third-order valence-corrected chi connectivity index (χ3v) is 4.72. The van der Waals surface area contributed by atoms with Crippen LogP contribution in [0, 0.1) is 0 Å². The number of carbonyl (C=O) groups is 3. The lowest BCUT2D eigenvalue weighted by molar-refractivity contribution is -0.143. The number of nitrogens with two attached hydrogens (primary N) is 1. The van der Waals surface area contributed by atoms with Gasteiger partial charge in [0, 0.05) is 24.3 Å². The number of carbonyl (C=O) groups excluding carboxylic acids is 3. The van der Waals surface area contributed by atoms with E-state index in [1.807, 2.05) is 0 Å². The second kappa shape index (κ2) is 11.6. The van der Waals surface area contributed by atoms with Crippen molar-refractivity contribution in [3.8, 4) is 0 Å². The molecule has 1 heterocycles. The molecular weight excluding hydrogens is 390 g/mol. The van der Waals surface area contributed by atoms with Crippen molar-refractivity contribution in [1.82, 2.24) is 10.6 Å². The van der Waals surface area contributed by atoms with Gasteiger partial charge in [-0.15, -0.1) is 0 Å². The Kier molecular flexibility index (Phi) is 8.92. The highest BCUT2D eigenvalue weighted by Gasteiger charge is 2.33. The number of unbranched alkanes of at least 4 members (excludes halogenated alkanes) is 2. The minimum atomic E-state index is -0.644. The first-order valence-corrected chi connectivity index (χ1v) is 10.1. The van der Waals surface area contributed by atoms with Crippen LogP contribution >= 0.6 is 0 Å². The highest BCUT2D eigenvalue weighted by atomic mass is 16.5. The summed E-state index contributed by atoms with van der Waals surface area (Å²) in [4.78, 5) is 37.8. The molecule has 0 saturated carbocycles. The van der Waals surface area contributed by atoms with Crippen LogP contribution in [0.5, 0.6) is 0 Å². The first-order chi connectivity index (χ1) is 14.5. The zero-order valence-corrected chi connectivity index (χ0v) is 17.1. The molecule has 1 saturated heterocycles. The summed E-state index contributed by atoms with van der Waals surface area (Å²) in [6.07, 6.45) is 3.44. The van der Waals surface area contributed by atoms with Crippen molar-refractivity contribution in [1.29, 1.82) is 0 Å². The summed E-state index contributed by atoms with van der Waals surface area (Å²) in [6, 6.07) is 5.53. The number of nitrogens with one attached hydrogen (secondary N) is 2. The summed E-state index contributed by atoms with van der Waals surface area (Å²) < 4.78 is 5.07. The van der Waals surface area contributed by atoms with Gasteiger partial charge < -0.3 is 31.2 Å². The zero-order chi connectivity index (χ0) is 21.9. The number of nitrogens with zero attached hydrogens (tertiary/aromatic N) is 2. The Balaban J connectivity index is 1.74. The SMILES string of the molecule is CCCCCOC(=O)CCNC(=O)NC1CCN(c2ccc(C(N)=NO)cc2)C1=O. The van der Waals surface area contributed by atoms with Crippen molar-refractivity contribution in [3.63, 3.8) is 0 Å². The van der Waals surface area contributed by atoms with Gasteiger partial charge >= 0.3 is 12.0 Å². The molecule has 0 bridgehead atoms. The summed E-state index contributed by atoms with van der Waals surface area (Å²) in [5.41, 5.74) is 6.72. The van der Waals surface area contributed by atoms with Gasteiger partial charge in [-0.05, 0) is 37.1 Å². The normalized spacial score (nSPS) is 16.4. The fourth-order valence-electron chi connectivity index (χ4n) is 3.04. The van der Waals surface area contributed by atoms with Gasteiger partial charge in [0.1, 0.15) is 6.04 Å². The number of urea groups is 1. The van der Waals surface area contributed by atoms with Crippen molar-refractivity contribution < 1.29 is 24.3 Å². The predicted molar refractivity (Wildman–Crippen MR) is 111 cm³/mol. The van der Waals surface area contributed by atoms with Gasteiger partial charge in [0.15, 0.2) is 5.84 Å². The summed E-state index contributed by atoms with van der Waals surface area (Å²) in [7, 11) is 0. The van der Waals surface area contributed by atoms with Gasteiger partial charge in [-0.25, -0.2) is 4.79 Å². The molecule has 10 heteroatoms. The van der Waals surface area contributed by atoms with Crippen LogP contribution in [0.2, 0.25) is 0 Å². The van der Waals surface area contributed by atoms with Crippen LogP contribution in [-0.2, 0) is 14.3 Å². The molecule has 30 heavy (non-hydrogen) atoms. The fraction of sp³-hybridized carbons (Fsp3) is 0.500. The van der Waals surface area contributed by atoms with E-state index in [-0.39, 0.29) is 30.7 Å². The standard InChI is InChI=1S/C20H29N5O5/c1-2-3-4-13-30-17(26)9-11-22-20(28)23-16-10-12-25(19(16)27)15-7-5-14(6-8-15)18(21)24-29/h5-8,16,29H,2-4,9-13H2,1H3,(H2,21,24)(H2,22,23,28). The Hall–Kier alpha value is -3.30.